The van der Waals surface area contributed by atoms with Crippen LogP contribution in [0.3, 0.4) is 0 Å². The molecule has 0 unspecified atom stereocenters. The average Bonchev–Trinajstić information content (AvgIpc) is 2.94. The van der Waals surface area contributed by atoms with Crippen LogP contribution in [0.15, 0.2) is 60.8 Å². The lowest BCUT2D eigenvalue weighted by Gasteiger charge is -2.08. The molecule has 0 saturated carbocycles. The van der Waals surface area contributed by atoms with Gasteiger partial charge in [-0.1, -0.05) is 48.5 Å². The van der Waals surface area contributed by atoms with Gasteiger partial charge in [-0.05, 0) is 17.2 Å². The van der Waals surface area contributed by atoms with Gasteiger partial charge in [0, 0.05) is 35.0 Å². The van der Waals surface area contributed by atoms with Gasteiger partial charge >= 0.3 is 0 Å². The van der Waals surface area contributed by atoms with Gasteiger partial charge in [-0.15, -0.1) is 0 Å². The number of para-hydroxylation sites is 1. The maximum Gasteiger partial charge on any atom is 0.211 e. The molecule has 3 aromatic rings. The highest BCUT2D eigenvalue weighted by molar-refractivity contribution is 5.85. The molecule has 5 heteroatoms. The predicted molar refractivity (Wildman–Crippen MR) is 92.8 cm³/mol. The summed E-state index contributed by atoms with van der Waals surface area (Å²) in [5, 5.41) is 11.9. The van der Waals surface area contributed by atoms with Crippen molar-refractivity contribution in [2.45, 2.75) is 18.9 Å². The minimum Gasteiger partial charge on any atom is -0.343 e. The van der Waals surface area contributed by atoms with Crippen LogP contribution in [0.25, 0.3) is 10.9 Å². The van der Waals surface area contributed by atoms with Crippen LogP contribution in [-0.2, 0) is 11.3 Å². The van der Waals surface area contributed by atoms with E-state index < -0.39 is 5.92 Å². The molecular formula is C19H18N2O3. The summed E-state index contributed by atoms with van der Waals surface area (Å²) < 4.78 is 2.09. The van der Waals surface area contributed by atoms with Crippen LogP contribution in [0.2, 0.25) is 0 Å². The van der Waals surface area contributed by atoms with Gasteiger partial charge in [0.05, 0.1) is 5.92 Å². The van der Waals surface area contributed by atoms with E-state index in [0.29, 0.717) is 6.54 Å². The third-order valence-corrected chi connectivity index (χ3v) is 4.21. The van der Waals surface area contributed by atoms with Crippen molar-refractivity contribution < 1.29 is 9.72 Å². The summed E-state index contributed by atoms with van der Waals surface area (Å²) in [5.74, 6) is -0.403. The number of nitrogens with zero attached hydrogens (tertiary/aromatic N) is 2. The second kappa shape index (κ2) is 7.08. The highest BCUT2D eigenvalue weighted by Crippen LogP contribution is 2.30. The molecule has 1 heterocycles. The smallest absolute Gasteiger partial charge is 0.211 e. The first-order chi connectivity index (χ1) is 11.7. The molecule has 0 amide bonds. The Morgan fingerprint density at radius 1 is 1.08 bits per heavy atom. The molecule has 0 aliphatic carbocycles. The van der Waals surface area contributed by atoms with Crippen LogP contribution in [0.1, 0.15) is 23.5 Å². The Balaban J connectivity index is 2.05. The van der Waals surface area contributed by atoms with E-state index >= 15 is 0 Å². The molecule has 0 saturated heterocycles. The normalized spacial score (nSPS) is 12.2. The molecule has 1 atom stereocenters. The fraction of sp³-hybridized carbons (Fsp3) is 0.211. The molecule has 3 rings (SSSR count). The van der Waals surface area contributed by atoms with Gasteiger partial charge in [0.25, 0.3) is 0 Å². The number of fused-ring (bicyclic) bond motifs is 1. The monoisotopic (exact) mass is 322 g/mol. The number of nitro groups is 1. The Bertz CT molecular complexity index is 855. The number of aromatic nitrogens is 1. The van der Waals surface area contributed by atoms with Crippen LogP contribution >= 0.6 is 0 Å². The van der Waals surface area contributed by atoms with E-state index in [1.807, 2.05) is 60.8 Å². The van der Waals surface area contributed by atoms with Gasteiger partial charge in [-0.3, -0.25) is 10.1 Å². The largest absolute Gasteiger partial charge is 0.343 e. The second-order valence-electron chi connectivity index (χ2n) is 5.83. The molecule has 0 spiro atoms. The Morgan fingerprint density at radius 3 is 2.50 bits per heavy atom. The van der Waals surface area contributed by atoms with Gasteiger partial charge in [0.15, 0.2) is 0 Å². The zero-order valence-corrected chi connectivity index (χ0v) is 13.2. The standard InChI is InChI=1S/C19H18N2O3/c22-11-10-16(13-21(23)24)18-14-20(12-15-6-2-1-3-7-15)19-9-5-4-8-17(18)19/h1-9,11,14,16H,10,12-13H2/t16-/m1/s1. The third-order valence-electron chi connectivity index (χ3n) is 4.21. The lowest BCUT2D eigenvalue weighted by Crippen LogP contribution is -2.13. The molecule has 0 aliphatic heterocycles. The molecule has 24 heavy (non-hydrogen) atoms. The van der Waals surface area contributed by atoms with Crippen molar-refractivity contribution in [1.29, 1.82) is 0 Å². The summed E-state index contributed by atoms with van der Waals surface area (Å²) in [7, 11) is 0. The van der Waals surface area contributed by atoms with Crippen LogP contribution in [0.4, 0.5) is 0 Å². The van der Waals surface area contributed by atoms with Crippen molar-refractivity contribution in [2.75, 3.05) is 6.54 Å². The molecular weight excluding hydrogens is 304 g/mol. The Morgan fingerprint density at radius 2 is 1.79 bits per heavy atom. The molecule has 0 fully saturated rings. The van der Waals surface area contributed by atoms with Crippen molar-refractivity contribution in [1.82, 2.24) is 4.57 Å². The van der Waals surface area contributed by atoms with Crippen LogP contribution in [-0.4, -0.2) is 22.3 Å². The van der Waals surface area contributed by atoms with Crippen LogP contribution in [0.5, 0.6) is 0 Å². The van der Waals surface area contributed by atoms with Gasteiger partial charge in [-0.2, -0.15) is 0 Å². The van der Waals surface area contributed by atoms with Crippen molar-refractivity contribution >= 4 is 17.2 Å². The topological polar surface area (TPSA) is 65.1 Å². The van der Waals surface area contributed by atoms with E-state index in [2.05, 4.69) is 4.57 Å². The first-order valence-electron chi connectivity index (χ1n) is 7.86. The minimum atomic E-state index is -0.403. The first-order valence-corrected chi connectivity index (χ1v) is 7.86. The lowest BCUT2D eigenvalue weighted by molar-refractivity contribution is -0.483. The predicted octanol–water partition coefficient (Wildman–Crippen LogP) is 3.64. The number of benzene rings is 2. The molecule has 0 aliphatic rings. The zero-order valence-electron chi connectivity index (χ0n) is 13.2. The summed E-state index contributed by atoms with van der Waals surface area (Å²) in [6, 6.07) is 17.9. The molecule has 2 aromatic carbocycles. The van der Waals surface area contributed by atoms with E-state index in [-0.39, 0.29) is 17.9 Å². The number of carbonyl (C=O) groups excluding carboxylic acids is 1. The number of hydrogen-bond donors (Lipinski definition) is 0. The zero-order chi connectivity index (χ0) is 16.9. The number of aldehydes is 1. The summed E-state index contributed by atoms with van der Waals surface area (Å²) in [4.78, 5) is 21.6. The molecule has 0 radical (unpaired) electrons. The van der Waals surface area contributed by atoms with Crippen molar-refractivity contribution in [3.63, 3.8) is 0 Å². The average molecular weight is 322 g/mol. The van der Waals surface area contributed by atoms with E-state index in [0.717, 1.165) is 28.3 Å². The lowest BCUT2D eigenvalue weighted by atomic mass is 9.96. The molecule has 5 nitrogen and oxygen atoms in total. The fourth-order valence-electron chi connectivity index (χ4n) is 3.11. The minimum absolute atomic E-state index is 0.153. The van der Waals surface area contributed by atoms with E-state index in [4.69, 9.17) is 0 Å². The van der Waals surface area contributed by atoms with Crippen molar-refractivity contribution in [2.24, 2.45) is 0 Å². The van der Waals surface area contributed by atoms with E-state index in [1.165, 1.54) is 0 Å². The molecule has 1 aromatic heterocycles. The number of rotatable bonds is 7. The molecule has 0 bridgehead atoms. The van der Waals surface area contributed by atoms with E-state index in [9.17, 15) is 14.9 Å². The first kappa shape index (κ1) is 15.9. The molecule has 122 valence electrons. The van der Waals surface area contributed by atoms with Gasteiger partial charge < -0.3 is 9.36 Å². The summed E-state index contributed by atoms with van der Waals surface area (Å²) >= 11 is 0. The Hall–Kier alpha value is -2.95. The van der Waals surface area contributed by atoms with Gasteiger partial charge in [0.1, 0.15) is 6.29 Å². The van der Waals surface area contributed by atoms with Crippen molar-refractivity contribution in [3.8, 4) is 0 Å². The van der Waals surface area contributed by atoms with E-state index in [1.54, 1.807) is 0 Å². The Labute approximate surface area is 139 Å². The van der Waals surface area contributed by atoms with Crippen molar-refractivity contribution in [3.05, 3.63) is 82.0 Å². The number of carbonyl (C=O) groups is 1. The summed E-state index contributed by atoms with van der Waals surface area (Å²) in [6.07, 6.45) is 2.87. The SMILES string of the molecule is O=CC[C@H](C[N+](=O)[O-])c1cn(Cc2ccccc2)c2ccccc12. The maximum atomic E-state index is 11.0. The quantitative estimate of drug-likeness (QED) is 0.379. The fourth-order valence-corrected chi connectivity index (χ4v) is 3.11. The number of hydrogen-bond acceptors (Lipinski definition) is 3. The Kier molecular flexibility index (Phi) is 4.70. The third kappa shape index (κ3) is 3.35. The highest BCUT2D eigenvalue weighted by atomic mass is 16.6. The van der Waals surface area contributed by atoms with Gasteiger partial charge in [-0.25, -0.2) is 0 Å². The maximum absolute atomic E-state index is 11.0. The highest BCUT2D eigenvalue weighted by Gasteiger charge is 2.22. The molecule has 0 N–H and O–H groups in total. The van der Waals surface area contributed by atoms with Crippen LogP contribution < -0.4 is 0 Å². The summed E-state index contributed by atoms with van der Waals surface area (Å²) in [6.45, 7) is 0.450. The summed E-state index contributed by atoms with van der Waals surface area (Å²) in [5.41, 5.74) is 3.05. The van der Waals surface area contributed by atoms with Crippen LogP contribution in [0, 0.1) is 10.1 Å². The van der Waals surface area contributed by atoms with Gasteiger partial charge in [0.2, 0.25) is 6.54 Å². The second-order valence-corrected chi connectivity index (χ2v) is 5.83.